The van der Waals surface area contributed by atoms with Crippen molar-refractivity contribution in [2.24, 2.45) is 9.98 Å². The number of hydrogen-bond acceptors (Lipinski definition) is 9. The number of ether oxygens (including phenoxy) is 2. The molecule has 4 aliphatic rings. The Morgan fingerprint density at radius 3 is 2.52 bits per heavy atom. The van der Waals surface area contributed by atoms with Crippen LogP contribution >= 0.6 is 0 Å². The van der Waals surface area contributed by atoms with Crippen molar-refractivity contribution >= 4 is 28.3 Å². The van der Waals surface area contributed by atoms with Gasteiger partial charge in [-0.25, -0.2) is 9.98 Å². The van der Waals surface area contributed by atoms with Crippen LogP contribution < -0.4 is 14.5 Å². The van der Waals surface area contributed by atoms with Gasteiger partial charge in [-0.3, -0.25) is 0 Å². The number of likely N-dealkylation sites (tertiary alicyclic amines) is 1. The van der Waals surface area contributed by atoms with E-state index in [1.54, 1.807) is 7.11 Å². The van der Waals surface area contributed by atoms with Crippen molar-refractivity contribution in [1.29, 1.82) is 0 Å². The van der Waals surface area contributed by atoms with Crippen LogP contribution in [0.15, 0.2) is 46.4 Å². The SMILES string of the molecule is CO[C@H]1CCCC[C@@H]1N=C=NC1CCN(c2nc(OC[C@@H]3CCCN3C)nc3c2CCN(c2cccc4cccc(C)c24)C3)CC1. The van der Waals surface area contributed by atoms with Crippen molar-refractivity contribution in [1.82, 2.24) is 14.9 Å². The van der Waals surface area contributed by atoms with Crippen molar-refractivity contribution in [2.75, 3.05) is 56.7 Å². The molecule has 0 unspecified atom stereocenters. The van der Waals surface area contributed by atoms with Crippen LogP contribution in [0.1, 0.15) is 68.2 Å². The molecular formula is C37H49N7O2. The number of likely N-dealkylation sites (N-methyl/N-ethyl adjacent to an activating group) is 1. The number of piperidine rings is 1. The van der Waals surface area contributed by atoms with Gasteiger partial charge in [0.25, 0.3) is 0 Å². The number of methoxy groups -OCH3 is 1. The first-order valence-corrected chi connectivity index (χ1v) is 17.5. The summed E-state index contributed by atoms with van der Waals surface area (Å²) in [5.74, 6) is 1.05. The van der Waals surface area contributed by atoms with E-state index in [1.807, 2.05) is 0 Å². The molecule has 244 valence electrons. The van der Waals surface area contributed by atoms with Crippen LogP contribution in [0.2, 0.25) is 0 Å². The minimum atomic E-state index is 0.190. The van der Waals surface area contributed by atoms with Gasteiger partial charge < -0.3 is 24.2 Å². The number of hydrogen-bond donors (Lipinski definition) is 0. The number of benzene rings is 2. The molecule has 9 nitrogen and oxygen atoms in total. The molecule has 1 aliphatic carbocycles. The fourth-order valence-corrected chi connectivity index (χ4v) is 7.95. The second kappa shape index (κ2) is 14.1. The summed E-state index contributed by atoms with van der Waals surface area (Å²) in [6.07, 6.45) is 9.99. The van der Waals surface area contributed by atoms with E-state index in [9.17, 15) is 0 Å². The second-order valence-electron chi connectivity index (χ2n) is 13.7. The molecule has 2 saturated heterocycles. The number of aryl methyl sites for hydroxylation is 1. The molecule has 0 radical (unpaired) electrons. The quantitative estimate of drug-likeness (QED) is 0.282. The predicted molar refractivity (Wildman–Crippen MR) is 185 cm³/mol. The van der Waals surface area contributed by atoms with E-state index in [0.717, 1.165) is 82.8 Å². The van der Waals surface area contributed by atoms with Crippen LogP contribution in [-0.4, -0.2) is 92.0 Å². The predicted octanol–water partition coefficient (Wildman–Crippen LogP) is 6.07. The van der Waals surface area contributed by atoms with E-state index in [0.29, 0.717) is 18.7 Å². The Morgan fingerprint density at radius 1 is 0.891 bits per heavy atom. The first-order chi connectivity index (χ1) is 22.6. The van der Waals surface area contributed by atoms with Crippen molar-refractivity contribution in [3.8, 4) is 6.01 Å². The van der Waals surface area contributed by atoms with Crippen molar-refractivity contribution in [2.45, 2.75) is 95.5 Å². The van der Waals surface area contributed by atoms with Crippen LogP contribution in [0.5, 0.6) is 6.01 Å². The van der Waals surface area contributed by atoms with Crippen LogP contribution in [0.25, 0.3) is 10.8 Å². The summed E-state index contributed by atoms with van der Waals surface area (Å²) in [6, 6.07) is 17.6. The molecular weight excluding hydrogens is 574 g/mol. The molecule has 0 amide bonds. The van der Waals surface area contributed by atoms with E-state index in [1.165, 1.54) is 46.8 Å². The highest BCUT2D eigenvalue weighted by Gasteiger charge is 2.30. The monoisotopic (exact) mass is 623 g/mol. The van der Waals surface area contributed by atoms with Gasteiger partial charge in [0.1, 0.15) is 12.4 Å². The molecule has 0 N–H and O–H groups in total. The van der Waals surface area contributed by atoms with Gasteiger partial charge in [0.2, 0.25) is 0 Å². The lowest BCUT2D eigenvalue weighted by atomic mass is 9.93. The molecule has 3 atom stereocenters. The van der Waals surface area contributed by atoms with Crippen molar-refractivity contribution in [3.63, 3.8) is 0 Å². The lowest BCUT2D eigenvalue weighted by Gasteiger charge is -2.36. The van der Waals surface area contributed by atoms with E-state index in [-0.39, 0.29) is 18.2 Å². The molecule has 4 heterocycles. The fraction of sp³-hybridized carbons (Fsp3) is 0.595. The Hall–Kier alpha value is -3.52. The number of aliphatic imine (C=N–C) groups is 2. The molecule has 1 aromatic heterocycles. The van der Waals surface area contributed by atoms with Crippen LogP contribution in [0.4, 0.5) is 11.5 Å². The molecule has 3 aromatic rings. The summed E-state index contributed by atoms with van der Waals surface area (Å²) in [6.45, 7) is 7.45. The van der Waals surface area contributed by atoms with Crippen LogP contribution in [-0.2, 0) is 17.7 Å². The van der Waals surface area contributed by atoms with Gasteiger partial charge in [-0.15, -0.1) is 0 Å². The van der Waals surface area contributed by atoms with Gasteiger partial charge in [-0.05, 0) is 82.5 Å². The smallest absolute Gasteiger partial charge is 0.318 e. The van der Waals surface area contributed by atoms with Gasteiger partial charge in [0, 0.05) is 49.4 Å². The van der Waals surface area contributed by atoms with Gasteiger partial charge >= 0.3 is 6.01 Å². The maximum Gasteiger partial charge on any atom is 0.318 e. The zero-order valence-electron chi connectivity index (χ0n) is 27.8. The number of aromatic nitrogens is 2. The average molecular weight is 624 g/mol. The highest BCUT2D eigenvalue weighted by Crippen LogP contribution is 2.36. The molecule has 9 heteroatoms. The normalized spacial score (nSPS) is 24.1. The number of fused-ring (bicyclic) bond motifs is 2. The number of rotatable bonds is 8. The Balaban J connectivity index is 1.11. The van der Waals surface area contributed by atoms with E-state index >= 15 is 0 Å². The first kappa shape index (κ1) is 31.1. The summed E-state index contributed by atoms with van der Waals surface area (Å²) in [5.41, 5.74) is 4.94. The van der Waals surface area contributed by atoms with Crippen LogP contribution in [0, 0.1) is 6.92 Å². The lowest BCUT2D eigenvalue weighted by Crippen LogP contribution is -2.39. The highest BCUT2D eigenvalue weighted by atomic mass is 16.5. The average Bonchev–Trinajstić information content (AvgIpc) is 3.51. The Bertz CT molecular complexity index is 1570. The Morgan fingerprint density at radius 2 is 1.72 bits per heavy atom. The van der Waals surface area contributed by atoms with Crippen molar-refractivity contribution < 1.29 is 9.47 Å². The van der Waals surface area contributed by atoms with E-state index < -0.39 is 0 Å². The van der Waals surface area contributed by atoms with Gasteiger partial charge in [-0.1, -0.05) is 43.2 Å². The standard InChI is InChI=1S/C37H49N7O2/c1-26-9-6-10-27-11-7-14-33(35(26)27)44-22-18-30-32(23-44)40-37(46-24-29-12-8-19-42(29)2)41-36(30)43-20-16-28(17-21-43)38-25-39-31-13-4-5-15-34(31)45-3/h6-7,9-11,14,28-29,31,34H,4-5,8,12-13,15-24H2,1-3H3/t29-,31-,34-/m0/s1. The zero-order valence-corrected chi connectivity index (χ0v) is 27.8. The maximum absolute atomic E-state index is 6.38. The minimum Gasteiger partial charge on any atom is -0.462 e. The van der Waals surface area contributed by atoms with Gasteiger partial charge in [0.15, 0.2) is 0 Å². The molecule has 7 rings (SSSR count). The van der Waals surface area contributed by atoms with Gasteiger partial charge in [0.05, 0.1) is 36.4 Å². The Labute approximate surface area is 273 Å². The molecule has 46 heavy (non-hydrogen) atoms. The summed E-state index contributed by atoms with van der Waals surface area (Å²) in [7, 11) is 3.98. The lowest BCUT2D eigenvalue weighted by molar-refractivity contribution is 0.0555. The topological polar surface area (TPSA) is 78.7 Å². The molecule has 3 fully saturated rings. The Kier molecular flexibility index (Phi) is 9.52. The number of anilines is 2. The molecule has 2 aromatic carbocycles. The molecule has 1 saturated carbocycles. The third-order valence-corrected chi connectivity index (χ3v) is 10.7. The van der Waals surface area contributed by atoms with Crippen LogP contribution in [0.3, 0.4) is 0 Å². The summed E-state index contributed by atoms with van der Waals surface area (Å²) >= 11 is 0. The van der Waals surface area contributed by atoms with E-state index in [4.69, 9.17) is 29.4 Å². The third kappa shape index (κ3) is 6.64. The first-order valence-electron chi connectivity index (χ1n) is 17.5. The minimum absolute atomic E-state index is 0.190. The molecule has 0 bridgehead atoms. The molecule has 0 spiro atoms. The third-order valence-electron chi connectivity index (χ3n) is 10.7. The molecule has 3 aliphatic heterocycles. The van der Waals surface area contributed by atoms with Crippen molar-refractivity contribution in [3.05, 3.63) is 53.2 Å². The summed E-state index contributed by atoms with van der Waals surface area (Å²) in [4.78, 5) is 27.0. The maximum atomic E-state index is 6.38. The largest absolute Gasteiger partial charge is 0.462 e. The second-order valence-corrected chi connectivity index (χ2v) is 13.7. The van der Waals surface area contributed by atoms with Gasteiger partial charge in [-0.2, -0.15) is 9.97 Å². The fourth-order valence-electron chi connectivity index (χ4n) is 7.95. The van der Waals surface area contributed by atoms with E-state index in [2.05, 4.69) is 71.1 Å². The number of nitrogens with zero attached hydrogens (tertiary/aromatic N) is 7. The highest BCUT2D eigenvalue weighted by molar-refractivity contribution is 5.97. The zero-order chi connectivity index (χ0) is 31.5. The summed E-state index contributed by atoms with van der Waals surface area (Å²) in [5, 5.41) is 2.61. The summed E-state index contributed by atoms with van der Waals surface area (Å²) < 4.78 is 12.0.